The average molecular weight is 168 g/mol. The highest BCUT2D eigenvalue weighted by molar-refractivity contribution is 5.25. The van der Waals surface area contributed by atoms with Crippen LogP contribution in [0.3, 0.4) is 0 Å². The number of hydrogen-bond donors (Lipinski definition) is 2. The Balaban J connectivity index is 2.65. The fraction of sp³-hybridized carbons (Fsp3) is 0.400. The minimum absolute atomic E-state index is 0.174. The number of aliphatic hydroxyl groups is 1. The van der Waals surface area contributed by atoms with E-state index in [-0.39, 0.29) is 5.75 Å². The third-order valence-electron chi connectivity index (χ3n) is 1.57. The average Bonchev–Trinajstić information content (AvgIpc) is 2.07. The van der Waals surface area contributed by atoms with Crippen LogP contribution in [0.1, 0.15) is 21.6 Å². The van der Waals surface area contributed by atoms with Crippen molar-refractivity contribution in [3.05, 3.63) is 29.8 Å². The Morgan fingerprint density at radius 2 is 2.08 bits per heavy atom. The summed E-state index contributed by atoms with van der Waals surface area (Å²) in [6, 6.07) is 6.42. The lowest BCUT2D eigenvalue weighted by molar-refractivity contribution is 0.185. The molecule has 2 heteroatoms. The monoisotopic (exact) mass is 168 g/mol. The molecule has 1 aromatic carbocycles. The van der Waals surface area contributed by atoms with Crippen LogP contribution < -0.4 is 0 Å². The van der Waals surface area contributed by atoms with Crippen molar-refractivity contribution in [1.29, 1.82) is 0 Å². The molecule has 0 aromatic heterocycles. The lowest BCUT2D eigenvalue weighted by Crippen LogP contribution is -2.00. The van der Waals surface area contributed by atoms with Gasteiger partial charge in [-0.15, -0.1) is 0 Å². The Morgan fingerprint density at radius 1 is 1.50 bits per heavy atom. The Kier molecular flexibility index (Phi) is 2.23. The second-order valence-corrected chi connectivity index (χ2v) is 2.72. The minimum atomic E-state index is -1.74. The van der Waals surface area contributed by atoms with Gasteiger partial charge in [-0.05, 0) is 37.4 Å². The third-order valence-corrected chi connectivity index (χ3v) is 1.57. The van der Waals surface area contributed by atoms with Gasteiger partial charge in [-0.2, -0.15) is 0 Å². The zero-order chi connectivity index (χ0) is 10.8. The molecule has 66 valence electrons. The Bertz CT molecular complexity index is 290. The smallest absolute Gasteiger partial charge is 0.115 e. The van der Waals surface area contributed by atoms with E-state index in [1.807, 2.05) is 0 Å². The van der Waals surface area contributed by atoms with Gasteiger partial charge in [-0.3, -0.25) is 0 Å². The zero-order valence-electron chi connectivity index (χ0n) is 8.99. The lowest BCUT2D eigenvalue weighted by Gasteiger charge is -2.03. The van der Waals surface area contributed by atoms with Crippen LogP contribution in [0.4, 0.5) is 0 Å². The molecule has 2 nitrogen and oxygen atoms in total. The highest BCUT2D eigenvalue weighted by Crippen LogP contribution is 2.11. The van der Waals surface area contributed by atoms with Crippen molar-refractivity contribution in [2.45, 2.75) is 25.8 Å². The van der Waals surface area contributed by atoms with Crippen molar-refractivity contribution in [3.63, 3.8) is 0 Å². The fourth-order valence-corrected chi connectivity index (χ4v) is 0.898. The molecule has 0 aliphatic rings. The van der Waals surface area contributed by atoms with Crippen LogP contribution in [0.2, 0.25) is 0 Å². The topological polar surface area (TPSA) is 40.5 Å². The highest BCUT2D eigenvalue weighted by Gasteiger charge is 1.97. The van der Waals surface area contributed by atoms with Gasteiger partial charge in [0.25, 0.3) is 0 Å². The van der Waals surface area contributed by atoms with E-state index < -0.39 is 12.5 Å². The number of aryl methyl sites for hydroxylation is 1. The molecule has 2 N–H and O–H groups in total. The Hall–Kier alpha value is -1.02. The van der Waals surface area contributed by atoms with Gasteiger partial charge in [-0.1, -0.05) is 12.1 Å². The maximum Gasteiger partial charge on any atom is 0.115 e. The molecular weight excluding hydrogens is 152 g/mol. The van der Waals surface area contributed by atoms with Gasteiger partial charge < -0.3 is 10.2 Å². The van der Waals surface area contributed by atoms with Crippen molar-refractivity contribution < 1.29 is 13.0 Å². The molecular formula is C10H14O2. The first kappa shape index (κ1) is 6.49. The summed E-state index contributed by atoms with van der Waals surface area (Å²) in [5.41, 5.74) is 0.829. The second-order valence-electron chi connectivity index (χ2n) is 2.72. The predicted molar refractivity (Wildman–Crippen MR) is 48.1 cm³/mol. The highest BCUT2D eigenvalue weighted by atomic mass is 16.3. The van der Waals surface area contributed by atoms with Crippen LogP contribution in [0.15, 0.2) is 24.3 Å². The Labute approximate surface area is 75.3 Å². The van der Waals surface area contributed by atoms with E-state index in [1.54, 1.807) is 12.1 Å². The summed E-state index contributed by atoms with van der Waals surface area (Å²) < 4.78 is 14.8. The molecule has 1 unspecified atom stereocenters. The quantitative estimate of drug-likeness (QED) is 0.721. The number of rotatable bonds is 3. The molecule has 0 fully saturated rings. The first-order valence-corrected chi connectivity index (χ1v) is 3.82. The summed E-state index contributed by atoms with van der Waals surface area (Å²) >= 11 is 0. The van der Waals surface area contributed by atoms with Gasteiger partial charge in [-0.25, -0.2) is 0 Å². The molecule has 0 aliphatic heterocycles. The van der Waals surface area contributed by atoms with Crippen LogP contribution in [0, 0.1) is 0 Å². The van der Waals surface area contributed by atoms with Crippen LogP contribution in [-0.2, 0) is 6.42 Å². The van der Waals surface area contributed by atoms with E-state index >= 15 is 0 Å². The summed E-state index contributed by atoms with van der Waals surface area (Å²) in [6.45, 7) is 1.30. The first-order chi connectivity index (χ1) is 6.39. The number of hydrogen-bond acceptors (Lipinski definition) is 2. The molecule has 0 heterocycles. The normalized spacial score (nSPS) is 20.5. The third kappa shape index (κ3) is 2.93. The molecule has 0 bridgehead atoms. The first-order valence-electron chi connectivity index (χ1n) is 4.90. The van der Waals surface area contributed by atoms with Gasteiger partial charge >= 0.3 is 0 Å². The summed E-state index contributed by atoms with van der Waals surface area (Å²) in [5.74, 6) is 0.174. The zero-order valence-corrected chi connectivity index (χ0v) is 6.99. The molecule has 12 heavy (non-hydrogen) atoms. The van der Waals surface area contributed by atoms with Crippen LogP contribution in [0.25, 0.3) is 0 Å². The molecule has 0 saturated carbocycles. The van der Waals surface area contributed by atoms with Gasteiger partial charge in [0, 0.05) is 1.37 Å². The standard InChI is InChI=1S/C10H14O2/c1-8(11)2-3-9-4-6-10(12)7-5-9/h4-8,11-12H,2-3H2,1H3/t8-/m1/s1/i2D,8D/t2?,8-. The van der Waals surface area contributed by atoms with E-state index in [9.17, 15) is 5.11 Å². The number of benzene rings is 1. The van der Waals surface area contributed by atoms with Crippen molar-refractivity contribution >= 4 is 0 Å². The minimum Gasteiger partial charge on any atom is -0.508 e. The summed E-state index contributed by atoms with van der Waals surface area (Å²) in [7, 11) is 0. The summed E-state index contributed by atoms with van der Waals surface area (Å²) in [4.78, 5) is 0. The van der Waals surface area contributed by atoms with Gasteiger partial charge in [0.1, 0.15) is 5.75 Å². The van der Waals surface area contributed by atoms with Crippen LogP contribution in [0.5, 0.6) is 5.75 Å². The number of aromatic hydroxyl groups is 1. The van der Waals surface area contributed by atoms with Gasteiger partial charge in [0.2, 0.25) is 0 Å². The number of phenols is 1. The van der Waals surface area contributed by atoms with Crippen molar-refractivity contribution in [2.75, 3.05) is 0 Å². The van der Waals surface area contributed by atoms with E-state index in [4.69, 9.17) is 7.85 Å². The van der Waals surface area contributed by atoms with E-state index in [2.05, 4.69) is 0 Å². The molecule has 1 rings (SSSR count). The Morgan fingerprint density at radius 3 is 2.58 bits per heavy atom. The molecule has 0 saturated heterocycles. The molecule has 0 radical (unpaired) electrons. The lowest BCUT2D eigenvalue weighted by atomic mass is 10.1. The number of phenolic OH excluding ortho intramolecular Hbond substituents is 1. The molecule has 0 spiro atoms. The van der Waals surface area contributed by atoms with Crippen LogP contribution in [-0.4, -0.2) is 16.3 Å². The van der Waals surface area contributed by atoms with E-state index in [1.165, 1.54) is 19.1 Å². The molecule has 2 atom stereocenters. The summed E-state index contributed by atoms with van der Waals surface area (Å²) in [5, 5.41) is 18.2. The summed E-state index contributed by atoms with van der Waals surface area (Å²) in [6.07, 6.45) is -2.32. The van der Waals surface area contributed by atoms with Crippen LogP contribution >= 0.6 is 0 Å². The SMILES string of the molecule is [2H]C(Cc1ccc(O)cc1)[C@@]([2H])(C)O. The van der Waals surface area contributed by atoms with E-state index in [0.29, 0.717) is 6.42 Å². The fourth-order valence-electron chi connectivity index (χ4n) is 0.898. The largest absolute Gasteiger partial charge is 0.508 e. The van der Waals surface area contributed by atoms with Crippen molar-refractivity contribution in [2.24, 2.45) is 0 Å². The van der Waals surface area contributed by atoms with E-state index in [0.717, 1.165) is 5.56 Å². The predicted octanol–water partition coefficient (Wildman–Crippen LogP) is 1.71. The molecule has 0 aliphatic carbocycles. The van der Waals surface area contributed by atoms with Gasteiger partial charge in [0.15, 0.2) is 0 Å². The maximum absolute atomic E-state index is 9.23. The second kappa shape index (κ2) is 4.12. The molecule has 0 amide bonds. The van der Waals surface area contributed by atoms with Crippen molar-refractivity contribution in [1.82, 2.24) is 0 Å². The van der Waals surface area contributed by atoms with Gasteiger partial charge in [0.05, 0.1) is 7.45 Å². The maximum atomic E-state index is 9.23. The molecule has 1 aromatic rings. The van der Waals surface area contributed by atoms with Crippen molar-refractivity contribution in [3.8, 4) is 5.75 Å².